The number of aromatic nitrogens is 2. The van der Waals surface area contributed by atoms with Crippen molar-refractivity contribution in [3.05, 3.63) is 92.9 Å². The van der Waals surface area contributed by atoms with Crippen LogP contribution in [-0.2, 0) is 35.7 Å². The van der Waals surface area contributed by atoms with Crippen molar-refractivity contribution in [2.24, 2.45) is 5.92 Å². The normalized spacial score (nSPS) is 14.4. The summed E-state index contributed by atoms with van der Waals surface area (Å²) in [5.41, 5.74) is 1.42. The van der Waals surface area contributed by atoms with Crippen molar-refractivity contribution < 1.29 is 23.5 Å². The molecule has 1 atom stereocenters. The molecule has 1 aliphatic rings. The Morgan fingerprint density at radius 3 is 2.54 bits per heavy atom. The summed E-state index contributed by atoms with van der Waals surface area (Å²) < 4.78 is 21.1. The molecule has 2 N–H and O–H groups in total. The zero-order valence-corrected chi connectivity index (χ0v) is 23.4. The number of nitrogens with zero attached hydrogens (tertiary/aromatic N) is 3. The number of rotatable bonds is 8. The lowest BCUT2D eigenvalue weighted by atomic mass is 10.0. The number of amides is 3. The first-order valence-electron chi connectivity index (χ1n) is 13.5. The number of aryl methyl sites for hydroxylation is 2. The van der Waals surface area contributed by atoms with Gasteiger partial charge in [-0.05, 0) is 48.4 Å². The molecule has 0 unspecified atom stereocenters. The van der Waals surface area contributed by atoms with Gasteiger partial charge in [0, 0.05) is 40.2 Å². The first-order valence-corrected chi connectivity index (χ1v) is 13.5. The van der Waals surface area contributed by atoms with E-state index in [0.29, 0.717) is 42.8 Å². The van der Waals surface area contributed by atoms with Gasteiger partial charge in [-0.15, -0.1) is 0 Å². The van der Waals surface area contributed by atoms with Crippen LogP contribution in [0.5, 0.6) is 5.75 Å². The summed E-state index contributed by atoms with van der Waals surface area (Å²) in [5, 5.41) is 5.45. The Bertz CT molecular complexity index is 1490. The SMILES string of the molecule is Cc1cc(CNC(=O)c2nc3n(c(=O)c2OCc2ccccc2)CC[C@H](CNC(=O)C(=O)N(C)C)CC3)ccc1F. The van der Waals surface area contributed by atoms with Crippen LogP contribution in [0.2, 0.25) is 0 Å². The van der Waals surface area contributed by atoms with Gasteiger partial charge in [0.05, 0.1) is 0 Å². The van der Waals surface area contributed by atoms with E-state index < -0.39 is 23.3 Å². The summed E-state index contributed by atoms with van der Waals surface area (Å²) in [6, 6.07) is 13.8. The monoisotopic (exact) mass is 563 g/mol. The molecule has 11 heteroatoms. The van der Waals surface area contributed by atoms with Gasteiger partial charge in [0.2, 0.25) is 5.75 Å². The van der Waals surface area contributed by atoms with Crippen LogP contribution in [0, 0.1) is 18.7 Å². The number of hydrogen-bond acceptors (Lipinski definition) is 6. The Morgan fingerprint density at radius 2 is 1.83 bits per heavy atom. The second kappa shape index (κ2) is 13.2. The first kappa shape index (κ1) is 29.4. The minimum atomic E-state index is -0.682. The Hall–Kier alpha value is -4.54. The molecule has 4 rings (SSSR count). The highest BCUT2D eigenvalue weighted by molar-refractivity contribution is 6.34. The van der Waals surface area contributed by atoms with Crippen molar-refractivity contribution in [1.82, 2.24) is 25.1 Å². The van der Waals surface area contributed by atoms with Gasteiger partial charge in [-0.2, -0.15) is 0 Å². The van der Waals surface area contributed by atoms with Crippen molar-refractivity contribution in [2.75, 3.05) is 20.6 Å². The van der Waals surface area contributed by atoms with Gasteiger partial charge in [0.25, 0.3) is 11.5 Å². The van der Waals surface area contributed by atoms with Crippen LogP contribution in [-0.4, -0.2) is 52.8 Å². The van der Waals surface area contributed by atoms with Gasteiger partial charge in [0.15, 0.2) is 5.69 Å². The third-order valence-corrected chi connectivity index (χ3v) is 7.01. The molecule has 3 aromatic rings. The number of benzene rings is 2. The Labute approximate surface area is 237 Å². The van der Waals surface area contributed by atoms with Crippen LogP contribution in [0.1, 0.15) is 45.8 Å². The highest BCUT2D eigenvalue weighted by Gasteiger charge is 2.27. The first-order chi connectivity index (χ1) is 19.6. The van der Waals surface area contributed by atoms with Crippen LogP contribution in [0.3, 0.4) is 0 Å². The Kier molecular flexibility index (Phi) is 9.49. The number of ether oxygens (including phenoxy) is 1. The van der Waals surface area contributed by atoms with Gasteiger partial charge < -0.3 is 20.3 Å². The predicted octanol–water partition coefficient (Wildman–Crippen LogP) is 2.36. The summed E-state index contributed by atoms with van der Waals surface area (Å²) in [6.45, 7) is 2.43. The second-order valence-corrected chi connectivity index (χ2v) is 10.3. The van der Waals surface area contributed by atoms with Gasteiger partial charge in [-0.1, -0.05) is 42.5 Å². The van der Waals surface area contributed by atoms with E-state index in [4.69, 9.17) is 4.74 Å². The van der Waals surface area contributed by atoms with E-state index >= 15 is 0 Å². The van der Waals surface area contributed by atoms with Crippen LogP contribution in [0.4, 0.5) is 4.39 Å². The van der Waals surface area contributed by atoms with E-state index in [1.165, 1.54) is 29.6 Å². The van der Waals surface area contributed by atoms with Crippen LogP contribution >= 0.6 is 0 Å². The van der Waals surface area contributed by atoms with Crippen molar-refractivity contribution in [3.63, 3.8) is 0 Å². The zero-order chi connectivity index (χ0) is 29.5. The van der Waals surface area contributed by atoms with E-state index in [9.17, 15) is 23.6 Å². The van der Waals surface area contributed by atoms with Crippen molar-refractivity contribution in [3.8, 4) is 5.75 Å². The standard InChI is InChI=1S/C30H34FN5O5/c1-19-15-22(9-11-23(19)31)17-32-27(37)25-26(41-18-21-7-5-4-6-8-21)29(39)36-14-13-20(10-12-24(36)34-25)16-33-28(38)30(40)35(2)3/h4-9,11,15,20H,10,12-14,16-18H2,1-3H3,(H,32,37)(H,33,38)/t20-/m1/s1. The fourth-order valence-electron chi connectivity index (χ4n) is 4.61. The molecule has 216 valence electrons. The third-order valence-electron chi connectivity index (χ3n) is 7.01. The fourth-order valence-corrected chi connectivity index (χ4v) is 4.61. The molecule has 10 nitrogen and oxygen atoms in total. The largest absolute Gasteiger partial charge is 0.481 e. The average molecular weight is 564 g/mol. The number of hydrogen-bond donors (Lipinski definition) is 2. The van der Waals surface area contributed by atoms with Crippen molar-refractivity contribution in [1.29, 1.82) is 0 Å². The number of carbonyl (C=O) groups excluding carboxylic acids is 3. The number of halogens is 1. The van der Waals surface area contributed by atoms with E-state index in [1.807, 2.05) is 30.3 Å². The van der Waals surface area contributed by atoms with E-state index in [-0.39, 0.29) is 42.9 Å². The summed E-state index contributed by atoms with van der Waals surface area (Å²) in [5.74, 6) is -1.92. The Morgan fingerprint density at radius 1 is 1.07 bits per heavy atom. The smallest absolute Gasteiger partial charge is 0.311 e. The molecule has 1 aliphatic heterocycles. The van der Waals surface area contributed by atoms with Crippen LogP contribution in [0.15, 0.2) is 53.3 Å². The maximum atomic E-state index is 13.7. The predicted molar refractivity (Wildman–Crippen MR) is 150 cm³/mol. The minimum Gasteiger partial charge on any atom is -0.481 e. The lowest BCUT2D eigenvalue weighted by molar-refractivity contribution is -0.144. The average Bonchev–Trinajstić information content (AvgIpc) is 3.18. The maximum Gasteiger partial charge on any atom is 0.311 e. The van der Waals surface area contributed by atoms with Gasteiger partial charge in [-0.3, -0.25) is 23.7 Å². The van der Waals surface area contributed by atoms with Crippen molar-refractivity contribution in [2.45, 2.75) is 45.9 Å². The molecular weight excluding hydrogens is 529 g/mol. The molecule has 2 aromatic carbocycles. The van der Waals surface area contributed by atoms with Gasteiger partial charge >= 0.3 is 11.8 Å². The summed E-state index contributed by atoms with van der Waals surface area (Å²) >= 11 is 0. The van der Waals surface area contributed by atoms with E-state index in [2.05, 4.69) is 15.6 Å². The molecule has 0 spiro atoms. The van der Waals surface area contributed by atoms with E-state index in [1.54, 1.807) is 19.1 Å². The molecule has 3 amide bonds. The Balaban J connectivity index is 1.55. The highest BCUT2D eigenvalue weighted by atomic mass is 19.1. The van der Waals surface area contributed by atoms with Gasteiger partial charge in [0.1, 0.15) is 18.2 Å². The molecule has 1 aromatic heterocycles. The van der Waals surface area contributed by atoms with Gasteiger partial charge in [-0.25, -0.2) is 9.37 Å². The minimum absolute atomic E-state index is 0.00249. The van der Waals surface area contributed by atoms with Crippen LogP contribution in [0.25, 0.3) is 0 Å². The number of likely N-dealkylation sites (N-methyl/N-ethyl adjacent to an activating group) is 1. The number of fused-ring (bicyclic) bond motifs is 1. The molecule has 0 radical (unpaired) electrons. The fraction of sp³-hybridized carbons (Fsp3) is 0.367. The second-order valence-electron chi connectivity index (χ2n) is 10.3. The quantitative estimate of drug-likeness (QED) is 0.406. The van der Waals surface area contributed by atoms with E-state index in [0.717, 1.165) is 5.56 Å². The summed E-state index contributed by atoms with van der Waals surface area (Å²) in [6.07, 6.45) is 1.56. The summed E-state index contributed by atoms with van der Waals surface area (Å²) in [7, 11) is 3.02. The maximum absolute atomic E-state index is 13.7. The molecule has 0 fully saturated rings. The third kappa shape index (κ3) is 7.36. The molecule has 0 bridgehead atoms. The van der Waals surface area contributed by atoms with Crippen LogP contribution < -0.4 is 20.9 Å². The lowest BCUT2D eigenvalue weighted by Crippen LogP contribution is -2.41. The molecule has 0 aliphatic carbocycles. The number of carbonyl (C=O) groups is 3. The topological polar surface area (TPSA) is 123 Å². The molecule has 0 saturated heterocycles. The molecule has 41 heavy (non-hydrogen) atoms. The molecule has 2 heterocycles. The zero-order valence-electron chi connectivity index (χ0n) is 23.4. The number of nitrogens with one attached hydrogen (secondary N) is 2. The molecule has 0 saturated carbocycles. The van der Waals surface area contributed by atoms with Crippen molar-refractivity contribution >= 4 is 17.7 Å². The highest BCUT2D eigenvalue weighted by Crippen LogP contribution is 2.22. The lowest BCUT2D eigenvalue weighted by Gasteiger charge is -2.16. The molecular formula is C30H34FN5O5. The summed E-state index contributed by atoms with van der Waals surface area (Å²) in [4.78, 5) is 56.8.